The molecule has 1 fully saturated rings. The lowest BCUT2D eigenvalue weighted by molar-refractivity contribution is -0.112. The molecule has 0 unspecified atom stereocenters. The molecule has 3 N–H and O–H groups in total. The molecular formula is C23H25ClFN7O3. The minimum absolute atomic E-state index is 0.00178. The van der Waals surface area contributed by atoms with Gasteiger partial charge in [0.05, 0.1) is 29.5 Å². The molecule has 35 heavy (non-hydrogen) atoms. The molecule has 1 saturated heterocycles. The van der Waals surface area contributed by atoms with E-state index in [1.54, 1.807) is 23.5 Å². The van der Waals surface area contributed by atoms with E-state index in [0.29, 0.717) is 36.6 Å². The first kappa shape index (κ1) is 23.5. The van der Waals surface area contributed by atoms with E-state index < -0.39 is 18.0 Å². The highest BCUT2D eigenvalue weighted by molar-refractivity contribution is 6.30. The molecule has 184 valence electrons. The Morgan fingerprint density at radius 3 is 2.91 bits per heavy atom. The molecule has 4 heterocycles. The number of benzene rings is 1. The number of ether oxygens (including phenoxy) is 1. The fourth-order valence-electron chi connectivity index (χ4n) is 4.18. The van der Waals surface area contributed by atoms with Crippen LogP contribution in [0.15, 0.2) is 36.8 Å². The number of fused-ring (bicyclic) bond motifs is 1. The van der Waals surface area contributed by atoms with Gasteiger partial charge in [-0.3, -0.25) is 5.10 Å². The Balaban J connectivity index is 1.24. The van der Waals surface area contributed by atoms with Gasteiger partial charge in [0.1, 0.15) is 5.82 Å². The number of hydrogen-bond acceptors (Lipinski definition) is 8. The molecule has 2 aromatic heterocycles. The summed E-state index contributed by atoms with van der Waals surface area (Å²) in [4.78, 5) is 27.5. The highest BCUT2D eigenvalue weighted by atomic mass is 35.5. The van der Waals surface area contributed by atoms with Crippen LogP contribution in [0.1, 0.15) is 41.3 Å². The molecule has 1 amide bonds. The van der Waals surface area contributed by atoms with E-state index >= 15 is 0 Å². The third kappa shape index (κ3) is 5.69. The minimum atomic E-state index is -0.678. The number of H-pyrrole nitrogens is 1. The van der Waals surface area contributed by atoms with Crippen molar-refractivity contribution in [3.63, 3.8) is 0 Å². The second kappa shape index (κ2) is 10.5. The fourth-order valence-corrected chi connectivity index (χ4v) is 4.30. The van der Waals surface area contributed by atoms with Crippen LogP contribution >= 0.6 is 11.6 Å². The van der Waals surface area contributed by atoms with Crippen LogP contribution in [-0.4, -0.2) is 57.1 Å². The van der Waals surface area contributed by atoms with Crippen molar-refractivity contribution >= 4 is 23.6 Å². The van der Waals surface area contributed by atoms with E-state index in [-0.39, 0.29) is 11.1 Å². The highest BCUT2D eigenvalue weighted by Crippen LogP contribution is 2.26. The average Bonchev–Trinajstić information content (AvgIpc) is 3.39. The van der Waals surface area contributed by atoms with E-state index in [4.69, 9.17) is 21.2 Å². The molecule has 12 heteroatoms. The van der Waals surface area contributed by atoms with Gasteiger partial charge in [-0.05, 0) is 42.5 Å². The third-order valence-corrected chi connectivity index (χ3v) is 6.38. The average molecular weight is 502 g/mol. The third-order valence-electron chi connectivity index (χ3n) is 6.07. The largest absolute Gasteiger partial charge is 0.427 e. The summed E-state index contributed by atoms with van der Waals surface area (Å²) in [5.74, 6) is -0.0166. The van der Waals surface area contributed by atoms with Gasteiger partial charge in [-0.25, -0.2) is 19.2 Å². The molecule has 2 aliphatic rings. The predicted molar refractivity (Wildman–Crippen MR) is 125 cm³/mol. The number of anilines is 1. The van der Waals surface area contributed by atoms with Gasteiger partial charge in [0.2, 0.25) is 5.95 Å². The SMILES string of the molecule is O=C(N[C@H](c1cn[nH]c1)c1ccc(Cl)c(F)c1)ON1CCc2cnc(NC3CCOCC3)nc2C1. The summed E-state index contributed by atoms with van der Waals surface area (Å²) in [6.07, 6.45) is 6.79. The number of nitrogens with zero attached hydrogens (tertiary/aromatic N) is 4. The molecule has 0 bridgehead atoms. The summed E-state index contributed by atoms with van der Waals surface area (Å²) >= 11 is 5.82. The number of carbonyl (C=O) groups is 1. The Morgan fingerprint density at radius 2 is 2.14 bits per heavy atom. The molecule has 0 spiro atoms. The lowest BCUT2D eigenvalue weighted by Crippen LogP contribution is -2.39. The Bertz CT molecular complexity index is 1170. The Morgan fingerprint density at radius 1 is 1.29 bits per heavy atom. The number of hydrogen-bond donors (Lipinski definition) is 3. The Labute approximate surface area is 206 Å². The topological polar surface area (TPSA) is 117 Å². The molecular weight excluding hydrogens is 477 g/mol. The van der Waals surface area contributed by atoms with Crippen molar-refractivity contribution in [2.75, 3.05) is 25.1 Å². The summed E-state index contributed by atoms with van der Waals surface area (Å²) in [6.45, 7) is 2.28. The van der Waals surface area contributed by atoms with Crippen LogP contribution in [0.25, 0.3) is 0 Å². The zero-order valence-electron chi connectivity index (χ0n) is 18.8. The highest BCUT2D eigenvalue weighted by Gasteiger charge is 2.25. The van der Waals surface area contributed by atoms with Crippen LogP contribution in [0.2, 0.25) is 5.02 Å². The monoisotopic (exact) mass is 501 g/mol. The van der Waals surface area contributed by atoms with Gasteiger partial charge in [0.25, 0.3) is 0 Å². The smallest absolute Gasteiger partial charge is 0.381 e. The quantitative estimate of drug-likeness (QED) is 0.470. The maximum absolute atomic E-state index is 14.1. The number of hydroxylamine groups is 2. The maximum Gasteiger partial charge on any atom is 0.427 e. The van der Waals surface area contributed by atoms with Crippen molar-refractivity contribution in [1.29, 1.82) is 0 Å². The zero-order chi connectivity index (χ0) is 24.2. The molecule has 0 aliphatic carbocycles. The van der Waals surface area contributed by atoms with Crippen LogP contribution in [-0.2, 0) is 22.5 Å². The van der Waals surface area contributed by atoms with E-state index in [1.807, 2.05) is 6.20 Å². The fraction of sp³-hybridized carbons (Fsp3) is 0.391. The molecule has 1 atom stereocenters. The Hall–Kier alpha value is -3.28. The number of amides is 1. The van der Waals surface area contributed by atoms with Crippen molar-refractivity contribution in [2.24, 2.45) is 0 Å². The number of halogens is 2. The second-order valence-electron chi connectivity index (χ2n) is 8.47. The van der Waals surface area contributed by atoms with Crippen LogP contribution in [0, 0.1) is 5.82 Å². The number of carbonyl (C=O) groups excluding carboxylic acids is 1. The summed E-state index contributed by atoms with van der Waals surface area (Å²) in [5, 5.41) is 14.3. The van der Waals surface area contributed by atoms with E-state index in [9.17, 15) is 9.18 Å². The van der Waals surface area contributed by atoms with Gasteiger partial charge in [-0.15, -0.1) is 5.06 Å². The standard InChI is InChI=1S/C23H25ClFN7O3/c24-18-2-1-14(9-19(18)25)21(16-11-27-28-12-16)31-23(33)35-32-6-3-15-10-26-22(30-20(15)13-32)29-17-4-7-34-8-5-17/h1-2,9-12,17,21H,3-8,13H2,(H,27,28)(H,31,33)(H,26,29,30)/t21-/m0/s1. The van der Waals surface area contributed by atoms with Crippen LogP contribution in [0.5, 0.6) is 0 Å². The Kier molecular flexibility index (Phi) is 7.07. The first-order valence-corrected chi connectivity index (χ1v) is 11.8. The van der Waals surface area contributed by atoms with E-state index in [0.717, 1.165) is 37.3 Å². The van der Waals surface area contributed by atoms with Gasteiger partial charge in [-0.1, -0.05) is 17.7 Å². The zero-order valence-corrected chi connectivity index (χ0v) is 19.6. The summed E-state index contributed by atoms with van der Waals surface area (Å²) in [6, 6.07) is 3.97. The van der Waals surface area contributed by atoms with Crippen LogP contribution in [0.4, 0.5) is 15.1 Å². The van der Waals surface area contributed by atoms with Crippen molar-refractivity contribution in [1.82, 2.24) is 30.5 Å². The maximum atomic E-state index is 14.1. The molecule has 3 aromatic rings. The number of aromatic amines is 1. The molecule has 2 aliphatic heterocycles. The molecule has 1 aromatic carbocycles. The number of nitrogens with one attached hydrogen (secondary N) is 3. The van der Waals surface area contributed by atoms with Gasteiger partial charge in [0.15, 0.2) is 0 Å². The predicted octanol–water partition coefficient (Wildman–Crippen LogP) is 3.37. The normalized spacial score (nSPS) is 17.4. The van der Waals surface area contributed by atoms with Crippen LogP contribution in [0.3, 0.4) is 0 Å². The second-order valence-corrected chi connectivity index (χ2v) is 8.88. The van der Waals surface area contributed by atoms with Gasteiger partial charge < -0.3 is 20.2 Å². The number of aromatic nitrogens is 4. The lowest BCUT2D eigenvalue weighted by atomic mass is 10.0. The molecule has 10 nitrogen and oxygen atoms in total. The van der Waals surface area contributed by atoms with Crippen molar-refractivity contribution in [3.8, 4) is 0 Å². The first-order valence-electron chi connectivity index (χ1n) is 11.4. The van der Waals surface area contributed by atoms with Gasteiger partial charge in [-0.2, -0.15) is 5.10 Å². The van der Waals surface area contributed by atoms with Crippen molar-refractivity contribution in [2.45, 2.75) is 37.9 Å². The van der Waals surface area contributed by atoms with Gasteiger partial charge in [0, 0.05) is 43.8 Å². The molecule has 0 saturated carbocycles. The summed E-state index contributed by atoms with van der Waals surface area (Å²) in [5.41, 5.74) is 2.98. The number of rotatable bonds is 6. The van der Waals surface area contributed by atoms with E-state index in [1.165, 1.54) is 12.1 Å². The van der Waals surface area contributed by atoms with Crippen molar-refractivity contribution in [3.05, 3.63) is 70.0 Å². The summed E-state index contributed by atoms with van der Waals surface area (Å²) in [7, 11) is 0. The van der Waals surface area contributed by atoms with Crippen LogP contribution < -0.4 is 10.6 Å². The lowest BCUT2D eigenvalue weighted by Gasteiger charge is -2.28. The molecule has 5 rings (SSSR count). The summed E-state index contributed by atoms with van der Waals surface area (Å²) < 4.78 is 19.5. The van der Waals surface area contributed by atoms with Crippen molar-refractivity contribution < 1.29 is 18.8 Å². The van der Waals surface area contributed by atoms with E-state index in [2.05, 4.69) is 30.8 Å². The van der Waals surface area contributed by atoms with Gasteiger partial charge >= 0.3 is 6.09 Å². The minimum Gasteiger partial charge on any atom is -0.381 e. The first-order chi connectivity index (χ1) is 17.0. The molecule has 0 radical (unpaired) electrons.